The van der Waals surface area contributed by atoms with Gasteiger partial charge in [-0.1, -0.05) is 0 Å². The van der Waals surface area contributed by atoms with Gasteiger partial charge in [0.15, 0.2) is 0 Å². The molecule has 0 aliphatic heterocycles. The summed E-state index contributed by atoms with van der Waals surface area (Å²) in [6, 6.07) is 4.32. The number of amides is 1. The topological polar surface area (TPSA) is 72.9 Å². The first-order valence-corrected chi connectivity index (χ1v) is 5.23. The Morgan fingerprint density at radius 1 is 1.59 bits per heavy atom. The van der Waals surface area contributed by atoms with Crippen molar-refractivity contribution in [3.05, 3.63) is 24.0 Å². The van der Waals surface area contributed by atoms with Crippen LogP contribution in [0.25, 0.3) is 11.0 Å². The van der Waals surface area contributed by atoms with Crippen molar-refractivity contribution in [3.63, 3.8) is 0 Å². The van der Waals surface area contributed by atoms with Gasteiger partial charge in [0.05, 0.1) is 11.0 Å². The van der Waals surface area contributed by atoms with Gasteiger partial charge in [0.2, 0.25) is 11.9 Å². The lowest BCUT2D eigenvalue weighted by Crippen LogP contribution is -2.24. The zero-order valence-electron chi connectivity index (χ0n) is 9.40. The molecule has 2 aromatic rings. The number of nitrogens with two attached hydrogens (primary N) is 1. The van der Waals surface area contributed by atoms with Crippen molar-refractivity contribution in [2.24, 2.45) is 0 Å². The highest BCUT2D eigenvalue weighted by molar-refractivity contribution is 5.78. The fraction of sp³-hybridized carbons (Fsp3) is 0.273. The number of carbonyl (C=O) groups excluding carboxylic acids is 1. The second kappa shape index (κ2) is 4.40. The molecule has 0 saturated heterocycles. The highest BCUT2D eigenvalue weighted by atomic mass is 19.1. The van der Waals surface area contributed by atoms with E-state index in [-0.39, 0.29) is 11.7 Å². The van der Waals surface area contributed by atoms with Crippen LogP contribution >= 0.6 is 0 Å². The van der Waals surface area contributed by atoms with Crippen molar-refractivity contribution < 1.29 is 9.18 Å². The molecule has 17 heavy (non-hydrogen) atoms. The van der Waals surface area contributed by atoms with Gasteiger partial charge in [-0.2, -0.15) is 0 Å². The molecule has 1 amide bonds. The molecule has 0 aliphatic carbocycles. The summed E-state index contributed by atoms with van der Waals surface area (Å²) in [5.74, 6) is -0.126. The van der Waals surface area contributed by atoms with Crippen LogP contribution in [0.4, 0.5) is 10.3 Å². The first-order valence-electron chi connectivity index (χ1n) is 5.23. The highest BCUT2D eigenvalue weighted by Gasteiger charge is 2.08. The predicted molar refractivity (Wildman–Crippen MR) is 62.8 cm³/mol. The molecule has 6 heteroatoms. The molecule has 0 atom stereocenters. The quantitative estimate of drug-likeness (QED) is 0.831. The summed E-state index contributed by atoms with van der Waals surface area (Å²) in [5, 5.41) is 2.67. The van der Waals surface area contributed by atoms with Crippen LogP contribution in [0, 0.1) is 5.82 Å². The number of fused-ring (bicyclic) bond motifs is 1. The maximum Gasteiger partial charge on any atom is 0.216 e. The van der Waals surface area contributed by atoms with Crippen molar-refractivity contribution in [1.29, 1.82) is 0 Å². The van der Waals surface area contributed by atoms with Crippen LogP contribution in [0.3, 0.4) is 0 Å². The van der Waals surface area contributed by atoms with E-state index in [1.807, 2.05) is 0 Å². The number of nitrogens with one attached hydrogen (secondary N) is 1. The molecule has 0 radical (unpaired) electrons. The Morgan fingerprint density at radius 3 is 3.06 bits per heavy atom. The largest absolute Gasteiger partial charge is 0.369 e. The number of halogens is 1. The highest BCUT2D eigenvalue weighted by Crippen LogP contribution is 2.18. The molecule has 1 aromatic heterocycles. The Labute approximate surface area is 97.4 Å². The molecule has 0 bridgehead atoms. The summed E-state index contributed by atoms with van der Waals surface area (Å²) >= 11 is 0. The third-order valence-electron chi connectivity index (χ3n) is 2.45. The maximum absolute atomic E-state index is 13.0. The van der Waals surface area contributed by atoms with Gasteiger partial charge >= 0.3 is 0 Å². The van der Waals surface area contributed by atoms with Gasteiger partial charge in [0.25, 0.3) is 0 Å². The van der Waals surface area contributed by atoms with E-state index in [9.17, 15) is 9.18 Å². The molecule has 0 fully saturated rings. The SMILES string of the molecule is CC(=O)NCCn1c(N)nc2cc(F)ccc21. The summed E-state index contributed by atoms with van der Waals surface area (Å²) in [5.41, 5.74) is 7.01. The number of aromatic nitrogens is 2. The third-order valence-corrected chi connectivity index (χ3v) is 2.45. The Kier molecular flexibility index (Phi) is 2.95. The number of anilines is 1. The van der Waals surface area contributed by atoms with Crippen LogP contribution in [0.15, 0.2) is 18.2 Å². The average molecular weight is 236 g/mol. The molecule has 5 nitrogen and oxygen atoms in total. The van der Waals surface area contributed by atoms with Gasteiger partial charge in [0, 0.05) is 26.1 Å². The monoisotopic (exact) mass is 236 g/mol. The van der Waals surface area contributed by atoms with Crippen LogP contribution in [-0.4, -0.2) is 22.0 Å². The number of nitrogens with zero attached hydrogens (tertiary/aromatic N) is 2. The first kappa shape index (κ1) is 11.4. The lowest BCUT2D eigenvalue weighted by atomic mass is 10.3. The Morgan fingerprint density at radius 2 is 2.35 bits per heavy atom. The molecule has 90 valence electrons. The number of benzene rings is 1. The molecule has 0 spiro atoms. The summed E-state index contributed by atoms with van der Waals surface area (Å²) in [7, 11) is 0. The van der Waals surface area contributed by atoms with Gasteiger partial charge in [0.1, 0.15) is 5.82 Å². The van der Waals surface area contributed by atoms with Crippen molar-refractivity contribution in [1.82, 2.24) is 14.9 Å². The summed E-state index contributed by atoms with van der Waals surface area (Å²) in [6.45, 7) is 2.42. The van der Waals surface area contributed by atoms with Crippen LogP contribution in [0.2, 0.25) is 0 Å². The number of carbonyl (C=O) groups is 1. The smallest absolute Gasteiger partial charge is 0.216 e. The van der Waals surface area contributed by atoms with E-state index in [2.05, 4.69) is 10.3 Å². The zero-order valence-corrected chi connectivity index (χ0v) is 9.40. The molecule has 0 saturated carbocycles. The molecule has 0 unspecified atom stereocenters. The van der Waals surface area contributed by atoms with Crippen LogP contribution < -0.4 is 11.1 Å². The zero-order chi connectivity index (χ0) is 12.4. The van der Waals surface area contributed by atoms with Gasteiger partial charge in [-0.05, 0) is 12.1 Å². The lowest BCUT2D eigenvalue weighted by molar-refractivity contribution is -0.118. The standard InChI is InChI=1S/C11H13FN4O/c1-7(17)14-4-5-16-10-3-2-8(12)6-9(10)15-11(16)13/h2-3,6H,4-5H2,1H3,(H2,13,15)(H,14,17). The second-order valence-electron chi connectivity index (χ2n) is 3.74. The van der Waals surface area contributed by atoms with E-state index < -0.39 is 0 Å². The minimum Gasteiger partial charge on any atom is -0.369 e. The van der Waals surface area contributed by atoms with Crippen molar-refractivity contribution in [2.45, 2.75) is 13.5 Å². The van der Waals surface area contributed by atoms with Crippen molar-refractivity contribution in [2.75, 3.05) is 12.3 Å². The van der Waals surface area contributed by atoms with Gasteiger partial charge < -0.3 is 15.6 Å². The molecule has 1 heterocycles. The Hall–Kier alpha value is -2.11. The summed E-state index contributed by atoms with van der Waals surface area (Å²) in [6.07, 6.45) is 0. The van der Waals surface area contributed by atoms with E-state index >= 15 is 0 Å². The van der Waals surface area contributed by atoms with Crippen LogP contribution in [0.5, 0.6) is 0 Å². The van der Waals surface area contributed by atoms with Crippen LogP contribution in [0.1, 0.15) is 6.92 Å². The minimum absolute atomic E-state index is 0.0981. The predicted octanol–water partition coefficient (Wildman–Crippen LogP) is 0.894. The van der Waals surface area contributed by atoms with Gasteiger partial charge in [-0.25, -0.2) is 9.37 Å². The molecule has 2 rings (SSSR count). The lowest BCUT2D eigenvalue weighted by Gasteiger charge is -2.06. The average Bonchev–Trinajstić information content (AvgIpc) is 2.54. The number of rotatable bonds is 3. The first-order chi connectivity index (χ1) is 8.08. The van der Waals surface area contributed by atoms with Crippen molar-refractivity contribution in [3.8, 4) is 0 Å². The second-order valence-corrected chi connectivity index (χ2v) is 3.74. The fourth-order valence-corrected chi connectivity index (χ4v) is 1.70. The van der Waals surface area contributed by atoms with E-state index in [0.29, 0.717) is 24.6 Å². The normalized spacial score (nSPS) is 10.7. The number of nitrogen functional groups attached to an aromatic ring is 1. The minimum atomic E-state index is -0.344. The molecule has 3 N–H and O–H groups in total. The van der Waals surface area contributed by atoms with E-state index in [0.717, 1.165) is 5.52 Å². The van der Waals surface area contributed by atoms with E-state index in [1.54, 1.807) is 10.6 Å². The van der Waals surface area contributed by atoms with E-state index in [4.69, 9.17) is 5.73 Å². The number of hydrogen-bond donors (Lipinski definition) is 2. The molecular weight excluding hydrogens is 223 g/mol. The summed E-state index contributed by atoms with van der Waals surface area (Å²) < 4.78 is 14.7. The maximum atomic E-state index is 13.0. The van der Waals surface area contributed by atoms with Gasteiger partial charge in [-0.3, -0.25) is 4.79 Å². The van der Waals surface area contributed by atoms with E-state index in [1.165, 1.54) is 19.1 Å². The summed E-state index contributed by atoms with van der Waals surface area (Å²) in [4.78, 5) is 14.8. The molecule has 0 aliphatic rings. The Balaban J connectivity index is 2.27. The molecule has 1 aromatic carbocycles. The Bertz CT molecular complexity index is 564. The number of hydrogen-bond acceptors (Lipinski definition) is 3. The van der Waals surface area contributed by atoms with Crippen molar-refractivity contribution >= 4 is 22.9 Å². The van der Waals surface area contributed by atoms with Gasteiger partial charge in [-0.15, -0.1) is 0 Å². The number of imidazole rings is 1. The third kappa shape index (κ3) is 2.35. The van der Waals surface area contributed by atoms with Crippen LogP contribution in [-0.2, 0) is 11.3 Å². The molecular formula is C11H13FN4O. The fourth-order valence-electron chi connectivity index (χ4n) is 1.70.